The fourth-order valence-electron chi connectivity index (χ4n) is 2.70. The second kappa shape index (κ2) is 7.71. The number of thiophene rings is 1. The smallest absolute Gasteiger partial charge is 0.220 e. The highest BCUT2D eigenvalue weighted by Gasteiger charge is 2.28. The first kappa shape index (κ1) is 16.2. The van der Waals surface area contributed by atoms with Gasteiger partial charge in [-0.25, -0.2) is 0 Å². The summed E-state index contributed by atoms with van der Waals surface area (Å²) in [5, 5.41) is 15.1. The molecule has 116 valence electrons. The summed E-state index contributed by atoms with van der Waals surface area (Å²) in [6, 6.07) is 3.61. The fourth-order valence-corrected chi connectivity index (χ4v) is 3.40. The van der Waals surface area contributed by atoms with Crippen LogP contribution in [0.25, 0.3) is 0 Å². The van der Waals surface area contributed by atoms with Crippen LogP contribution in [-0.2, 0) is 4.79 Å². The van der Waals surface area contributed by atoms with E-state index in [4.69, 9.17) is 0 Å². The number of hydrogen-bond acceptors (Lipinski definition) is 4. The molecule has 1 saturated carbocycles. The second-order valence-electron chi connectivity index (χ2n) is 5.82. The van der Waals surface area contributed by atoms with Crippen molar-refractivity contribution in [3.8, 4) is 0 Å². The number of nitrogens with one attached hydrogen (secondary N) is 1. The molecule has 1 aromatic rings. The van der Waals surface area contributed by atoms with Gasteiger partial charge in [0.2, 0.25) is 5.91 Å². The van der Waals surface area contributed by atoms with Gasteiger partial charge in [-0.15, -0.1) is 11.3 Å². The molecule has 1 fully saturated rings. The number of ketones is 1. The summed E-state index contributed by atoms with van der Waals surface area (Å²) in [5.41, 5.74) is -0.760. The van der Waals surface area contributed by atoms with E-state index in [0.717, 1.165) is 38.5 Å². The molecule has 0 aromatic carbocycles. The van der Waals surface area contributed by atoms with Gasteiger partial charge in [-0.1, -0.05) is 31.7 Å². The van der Waals surface area contributed by atoms with Crippen LogP contribution in [0.4, 0.5) is 0 Å². The summed E-state index contributed by atoms with van der Waals surface area (Å²) in [6.07, 6.45) is 6.27. The molecule has 0 aliphatic heterocycles. The Kier molecular flexibility index (Phi) is 5.94. The molecule has 0 spiro atoms. The molecule has 2 rings (SSSR count). The lowest BCUT2D eigenvalue weighted by atomic mass is 9.94. The van der Waals surface area contributed by atoms with Gasteiger partial charge in [0.05, 0.1) is 10.5 Å². The maximum atomic E-state index is 11.8. The van der Waals surface area contributed by atoms with Crippen molar-refractivity contribution in [1.29, 1.82) is 0 Å². The number of amides is 1. The Morgan fingerprint density at radius 3 is 2.52 bits per heavy atom. The van der Waals surface area contributed by atoms with E-state index in [9.17, 15) is 14.7 Å². The molecular weight excluding hydrogens is 286 g/mol. The Bertz CT molecular complexity index is 462. The molecule has 21 heavy (non-hydrogen) atoms. The van der Waals surface area contributed by atoms with Gasteiger partial charge >= 0.3 is 0 Å². The van der Waals surface area contributed by atoms with Crippen LogP contribution in [0, 0.1) is 0 Å². The van der Waals surface area contributed by atoms with Crippen LogP contribution < -0.4 is 5.32 Å². The van der Waals surface area contributed by atoms with Crippen LogP contribution in [0.15, 0.2) is 17.5 Å². The van der Waals surface area contributed by atoms with Gasteiger partial charge in [-0.05, 0) is 24.3 Å². The minimum Gasteiger partial charge on any atom is -0.388 e. The van der Waals surface area contributed by atoms with E-state index in [0.29, 0.717) is 11.4 Å². The molecule has 2 N–H and O–H groups in total. The number of Topliss-reactive ketones (excluding diaryl/α,β-unsaturated/α-hetero) is 1. The van der Waals surface area contributed by atoms with Gasteiger partial charge in [0.1, 0.15) is 0 Å². The predicted molar refractivity (Wildman–Crippen MR) is 83.5 cm³/mol. The monoisotopic (exact) mass is 309 g/mol. The van der Waals surface area contributed by atoms with Crippen molar-refractivity contribution in [2.45, 2.75) is 57.0 Å². The zero-order valence-corrected chi connectivity index (χ0v) is 13.1. The maximum Gasteiger partial charge on any atom is 0.220 e. The van der Waals surface area contributed by atoms with Crippen LogP contribution >= 0.6 is 11.3 Å². The first-order valence-electron chi connectivity index (χ1n) is 7.65. The van der Waals surface area contributed by atoms with Crippen LogP contribution in [0.5, 0.6) is 0 Å². The summed E-state index contributed by atoms with van der Waals surface area (Å²) in [5.74, 6) is -0.147. The second-order valence-corrected chi connectivity index (χ2v) is 6.76. The Morgan fingerprint density at radius 2 is 1.90 bits per heavy atom. The summed E-state index contributed by atoms with van der Waals surface area (Å²) in [6.45, 7) is 0.305. The zero-order valence-electron chi connectivity index (χ0n) is 12.3. The molecule has 0 unspecified atom stereocenters. The molecule has 4 nitrogen and oxygen atoms in total. The molecule has 1 aliphatic carbocycles. The standard InChI is InChI=1S/C16H23NO3S/c18-13(14-6-5-11-21-14)7-8-15(19)17-12-16(20)9-3-1-2-4-10-16/h5-6,11,20H,1-4,7-10,12H2,(H,17,19). The highest BCUT2D eigenvalue weighted by Crippen LogP contribution is 2.26. The highest BCUT2D eigenvalue weighted by molar-refractivity contribution is 7.12. The number of carbonyl (C=O) groups excluding carboxylic acids is 2. The van der Waals surface area contributed by atoms with Gasteiger partial charge in [-0.3, -0.25) is 9.59 Å². The molecule has 0 saturated heterocycles. The molecule has 1 heterocycles. The van der Waals surface area contributed by atoms with E-state index in [-0.39, 0.29) is 24.5 Å². The third kappa shape index (κ3) is 5.25. The van der Waals surface area contributed by atoms with E-state index in [1.165, 1.54) is 11.3 Å². The first-order chi connectivity index (χ1) is 10.1. The van der Waals surface area contributed by atoms with Crippen molar-refractivity contribution in [1.82, 2.24) is 5.32 Å². The molecule has 1 aromatic heterocycles. The van der Waals surface area contributed by atoms with Gasteiger partial charge in [0.15, 0.2) is 5.78 Å². The van der Waals surface area contributed by atoms with Crippen molar-refractivity contribution >= 4 is 23.0 Å². The molecule has 5 heteroatoms. The number of aliphatic hydroxyl groups is 1. The summed E-state index contributed by atoms with van der Waals surface area (Å²) in [7, 11) is 0. The number of carbonyl (C=O) groups is 2. The van der Waals surface area contributed by atoms with Crippen LogP contribution in [0.3, 0.4) is 0 Å². The van der Waals surface area contributed by atoms with E-state index >= 15 is 0 Å². The molecule has 0 atom stereocenters. The summed E-state index contributed by atoms with van der Waals surface area (Å²) >= 11 is 1.40. The van der Waals surface area contributed by atoms with Gasteiger partial charge in [0, 0.05) is 19.4 Å². The van der Waals surface area contributed by atoms with Gasteiger partial charge in [-0.2, -0.15) is 0 Å². The lowest BCUT2D eigenvalue weighted by Gasteiger charge is -2.26. The lowest BCUT2D eigenvalue weighted by Crippen LogP contribution is -2.42. The molecule has 1 amide bonds. The fraction of sp³-hybridized carbons (Fsp3) is 0.625. The van der Waals surface area contributed by atoms with Crippen molar-refractivity contribution < 1.29 is 14.7 Å². The first-order valence-corrected chi connectivity index (χ1v) is 8.53. The maximum absolute atomic E-state index is 11.8. The zero-order chi connectivity index (χ0) is 15.1. The largest absolute Gasteiger partial charge is 0.388 e. The van der Waals surface area contributed by atoms with Crippen molar-refractivity contribution in [2.75, 3.05) is 6.54 Å². The van der Waals surface area contributed by atoms with Crippen LogP contribution in [0.2, 0.25) is 0 Å². The van der Waals surface area contributed by atoms with Gasteiger partial charge < -0.3 is 10.4 Å². The average molecular weight is 309 g/mol. The Labute approximate surface area is 129 Å². The van der Waals surface area contributed by atoms with Crippen LogP contribution in [0.1, 0.15) is 61.0 Å². The summed E-state index contributed by atoms with van der Waals surface area (Å²) in [4.78, 5) is 24.3. The normalized spacial score (nSPS) is 18.0. The molecule has 0 radical (unpaired) electrons. The predicted octanol–water partition coefficient (Wildman–Crippen LogP) is 2.91. The van der Waals surface area contributed by atoms with E-state index in [2.05, 4.69) is 5.32 Å². The topological polar surface area (TPSA) is 66.4 Å². The lowest BCUT2D eigenvalue weighted by molar-refractivity contribution is -0.122. The Balaban J connectivity index is 1.70. The minimum atomic E-state index is -0.760. The summed E-state index contributed by atoms with van der Waals surface area (Å²) < 4.78 is 0. The molecule has 0 bridgehead atoms. The van der Waals surface area contributed by atoms with E-state index in [1.807, 2.05) is 11.4 Å². The van der Waals surface area contributed by atoms with E-state index < -0.39 is 5.60 Å². The third-order valence-electron chi connectivity index (χ3n) is 4.02. The quantitative estimate of drug-likeness (QED) is 0.627. The Morgan fingerprint density at radius 1 is 1.19 bits per heavy atom. The van der Waals surface area contributed by atoms with Gasteiger partial charge in [0.25, 0.3) is 0 Å². The van der Waals surface area contributed by atoms with Crippen molar-refractivity contribution in [2.24, 2.45) is 0 Å². The number of hydrogen-bond donors (Lipinski definition) is 2. The SMILES string of the molecule is O=C(CCC(=O)c1cccs1)NCC1(O)CCCCCC1. The highest BCUT2D eigenvalue weighted by atomic mass is 32.1. The molecular formula is C16H23NO3S. The van der Waals surface area contributed by atoms with Crippen molar-refractivity contribution in [3.05, 3.63) is 22.4 Å². The number of rotatable bonds is 6. The third-order valence-corrected chi connectivity index (χ3v) is 4.93. The van der Waals surface area contributed by atoms with E-state index in [1.54, 1.807) is 6.07 Å². The Hall–Kier alpha value is -1.20. The van der Waals surface area contributed by atoms with Crippen LogP contribution in [-0.4, -0.2) is 28.9 Å². The molecule has 1 aliphatic rings. The van der Waals surface area contributed by atoms with Crippen molar-refractivity contribution in [3.63, 3.8) is 0 Å². The minimum absolute atomic E-state index is 0.00771. The average Bonchev–Trinajstić information content (AvgIpc) is 2.92.